The van der Waals surface area contributed by atoms with Crippen LogP contribution in [0, 0.1) is 0 Å². The molecule has 0 N–H and O–H groups in total. The summed E-state index contributed by atoms with van der Waals surface area (Å²) in [6.07, 6.45) is 0. The summed E-state index contributed by atoms with van der Waals surface area (Å²) in [6, 6.07) is 61.9. The number of furan rings is 1. The SMILES string of the molecule is c1ccc(-c2ccc3c(c2)c2c4ccccc4ccc2n3-c2nc(-c3ccccc3)cc(-c3cc4ccccc4c4c3oc3ccccc34)n2)cc1. The summed E-state index contributed by atoms with van der Waals surface area (Å²) >= 11 is 0. The van der Waals surface area contributed by atoms with Crippen LogP contribution in [0.4, 0.5) is 0 Å². The molecule has 0 amide bonds. The minimum Gasteiger partial charge on any atom is -0.455 e. The second kappa shape index (κ2) is 11.2. The van der Waals surface area contributed by atoms with E-state index in [1.54, 1.807) is 0 Å². The van der Waals surface area contributed by atoms with Crippen LogP contribution in [-0.4, -0.2) is 14.5 Å². The fourth-order valence-corrected chi connectivity index (χ4v) is 8.01. The number of nitrogens with zero attached hydrogens (tertiary/aromatic N) is 3. The van der Waals surface area contributed by atoms with Gasteiger partial charge in [0.25, 0.3) is 0 Å². The topological polar surface area (TPSA) is 43.9 Å². The average Bonchev–Trinajstić information content (AvgIpc) is 3.77. The summed E-state index contributed by atoms with van der Waals surface area (Å²) in [6.45, 7) is 0. The molecular weight excluding hydrogens is 635 g/mol. The van der Waals surface area contributed by atoms with E-state index in [0.29, 0.717) is 5.95 Å². The average molecular weight is 664 g/mol. The van der Waals surface area contributed by atoms with E-state index >= 15 is 0 Å². The van der Waals surface area contributed by atoms with Gasteiger partial charge in [0.2, 0.25) is 5.95 Å². The summed E-state index contributed by atoms with van der Waals surface area (Å²) in [7, 11) is 0. The molecule has 4 heteroatoms. The van der Waals surface area contributed by atoms with Crippen LogP contribution in [0.15, 0.2) is 180 Å². The third-order valence-electron chi connectivity index (χ3n) is 10.4. The first-order chi connectivity index (χ1) is 25.8. The lowest BCUT2D eigenvalue weighted by Gasteiger charge is -2.13. The maximum Gasteiger partial charge on any atom is 0.235 e. The number of hydrogen-bond acceptors (Lipinski definition) is 3. The fourth-order valence-electron chi connectivity index (χ4n) is 8.01. The number of rotatable bonds is 4. The molecular formula is C48H29N3O. The lowest BCUT2D eigenvalue weighted by molar-refractivity contribution is 0.670. The lowest BCUT2D eigenvalue weighted by Crippen LogP contribution is -2.04. The second-order valence-corrected chi connectivity index (χ2v) is 13.4. The van der Waals surface area contributed by atoms with Crippen LogP contribution >= 0.6 is 0 Å². The number of fused-ring (bicyclic) bond motifs is 10. The summed E-state index contributed by atoms with van der Waals surface area (Å²) < 4.78 is 8.93. The number of benzene rings is 8. The van der Waals surface area contributed by atoms with E-state index < -0.39 is 0 Å². The van der Waals surface area contributed by atoms with Gasteiger partial charge in [-0.2, -0.15) is 0 Å². The fraction of sp³-hybridized carbons (Fsp3) is 0. The van der Waals surface area contributed by atoms with Crippen molar-refractivity contribution in [1.82, 2.24) is 14.5 Å². The van der Waals surface area contributed by atoms with Crippen molar-refractivity contribution in [2.75, 3.05) is 0 Å². The monoisotopic (exact) mass is 663 g/mol. The van der Waals surface area contributed by atoms with Crippen LogP contribution in [0.5, 0.6) is 0 Å². The molecule has 0 fully saturated rings. The normalized spacial score (nSPS) is 11.8. The predicted octanol–water partition coefficient (Wildman–Crippen LogP) is 12.8. The van der Waals surface area contributed by atoms with Crippen LogP contribution in [-0.2, 0) is 0 Å². The zero-order valence-electron chi connectivity index (χ0n) is 28.0. The molecule has 0 saturated carbocycles. The molecule has 0 unspecified atom stereocenters. The molecule has 242 valence electrons. The molecule has 0 aliphatic carbocycles. The van der Waals surface area contributed by atoms with Gasteiger partial charge in [0.1, 0.15) is 11.2 Å². The van der Waals surface area contributed by atoms with Crippen LogP contribution in [0.3, 0.4) is 0 Å². The van der Waals surface area contributed by atoms with Crippen molar-refractivity contribution in [2.45, 2.75) is 0 Å². The van der Waals surface area contributed by atoms with Gasteiger partial charge in [0.15, 0.2) is 0 Å². The molecule has 0 bridgehead atoms. The quantitative estimate of drug-likeness (QED) is 0.188. The maximum absolute atomic E-state index is 6.70. The van der Waals surface area contributed by atoms with Crippen LogP contribution in [0.2, 0.25) is 0 Å². The highest BCUT2D eigenvalue weighted by Crippen LogP contribution is 2.42. The third-order valence-corrected chi connectivity index (χ3v) is 10.4. The molecule has 11 aromatic rings. The molecule has 4 nitrogen and oxygen atoms in total. The lowest BCUT2D eigenvalue weighted by atomic mass is 9.98. The molecule has 11 rings (SSSR count). The van der Waals surface area contributed by atoms with E-state index in [-0.39, 0.29) is 0 Å². The van der Waals surface area contributed by atoms with Crippen molar-refractivity contribution in [1.29, 1.82) is 0 Å². The Morgan fingerprint density at radius 3 is 1.85 bits per heavy atom. The van der Waals surface area contributed by atoms with Crippen LogP contribution in [0.1, 0.15) is 0 Å². The van der Waals surface area contributed by atoms with Crippen molar-refractivity contribution in [3.8, 4) is 39.6 Å². The Labute approximate surface area is 298 Å². The summed E-state index contributed by atoms with van der Waals surface area (Å²) in [5.41, 5.74) is 9.74. The summed E-state index contributed by atoms with van der Waals surface area (Å²) in [5, 5.41) is 9.23. The molecule has 3 aromatic heterocycles. The van der Waals surface area contributed by atoms with Gasteiger partial charge in [0.05, 0.1) is 22.4 Å². The number of para-hydroxylation sites is 1. The van der Waals surface area contributed by atoms with Gasteiger partial charge in [0, 0.05) is 32.7 Å². The first-order valence-electron chi connectivity index (χ1n) is 17.6. The molecule has 0 spiro atoms. The van der Waals surface area contributed by atoms with Gasteiger partial charge in [-0.1, -0.05) is 140 Å². The van der Waals surface area contributed by atoms with E-state index in [4.69, 9.17) is 14.4 Å². The molecule has 0 atom stereocenters. The molecule has 3 heterocycles. The first kappa shape index (κ1) is 28.8. The minimum atomic E-state index is 0.608. The van der Waals surface area contributed by atoms with Gasteiger partial charge in [-0.25, -0.2) is 9.97 Å². The van der Waals surface area contributed by atoms with Gasteiger partial charge < -0.3 is 4.42 Å². The van der Waals surface area contributed by atoms with E-state index in [1.807, 2.05) is 18.2 Å². The molecule has 0 radical (unpaired) electrons. The molecule has 0 aliphatic heterocycles. The van der Waals surface area contributed by atoms with Crippen molar-refractivity contribution in [3.63, 3.8) is 0 Å². The van der Waals surface area contributed by atoms with Gasteiger partial charge in [-0.15, -0.1) is 0 Å². The first-order valence-corrected chi connectivity index (χ1v) is 17.6. The van der Waals surface area contributed by atoms with Gasteiger partial charge >= 0.3 is 0 Å². The number of hydrogen-bond donors (Lipinski definition) is 0. The Kier molecular flexibility index (Phi) is 6.22. The highest BCUT2D eigenvalue weighted by atomic mass is 16.3. The minimum absolute atomic E-state index is 0.608. The molecule has 8 aromatic carbocycles. The highest BCUT2D eigenvalue weighted by Gasteiger charge is 2.22. The van der Waals surface area contributed by atoms with E-state index in [0.717, 1.165) is 71.6 Å². The highest BCUT2D eigenvalue weighted by molar-refractivity contribution is 6.23. The Bertz CT molecular complexity index is 3180. The maximum atomic E-state index is 6.70. The van der Waals surface area contributed by atoms with Crippen LogP contribution < -0.4 is 0 Å². The Morgan fingerprint density at radius 1 is 0.404 bits per heavy atom. The zero-order valence-corrected chi connectivity index (χ0v) is 28.0. The Morgan fingerprint density at radius 2 is 1.04 bits per heavy atom. The second-order valence-electron chi connectivity index (χ2n) is 13.4. The van der Waals surface area contributed by atoms with Crippen molar-refractivity contribution in [3.05, 3.63) is 176 Å². The molecule has 0 aliphatic rings. The van der Waals surface area contributed by atoms with E-state index in [1.165, 1.54) is 27.3 Å². The molecule has 52 heavy (non-hydrogen) atoms. The third kappa shape index (κ3) is 4.34. The number of aromatic nitrogens is 3. The zero-order chi connectivity index (χ0) is 34.2. The van der Waals surface area contributed by atoms with Gasteiger partial charge in [-0.3, -0.25) is 4.57 Å². The Hall–Kier alpha value is -7.04. The summed E-state index contributed by atoms with van der Waals surface area (Å²) in [4.78, 5) is 10.8. The van der Waals surface area contributed by atoms with Crippen molar-refractivity contribution >= 4 is 65.3 Å². The standard InChI is InChI=1S/C48H29N3O/c1-3-13-30(14-4-1)33-24-25-42-39(27-33)45-35-19-9-7-15-31(35)23-26-43(45)51(42)48-49-40(32-16-5-2-6-17-32)29-41(50-48)38-28-34-18-8-10-20-36(34)46-37-21-11-12-22-44(37)52-47(38)46/h1-29H. The van der Waals surface area contributed by atoms with Gasteiger partial charge in [-0.05, 0) is 69.1 Å². The molecule has 0 saturated heterocycles. The predicted molar refractivity (Wildman–Crippen MR) is 215 cm³/mol. The summed E-state index contributed by atoms with van der Waals surface area (Å²) in [5.74, 6) is 0.608. The van der Waals surface area contributed by atoms with E-state index in [2.05, 4.69) is 162 Å². The smallest absolute Gasteiger partial charge is 0.235 e. The van der Waals surface area contributed by atoms with E-state index in [9.17, 15) is 0 Å². The Balaban J connectivity index is 1.26. The van der Waals surface area contributed by atoms with Crippen molar-refractivity contribution in [2.24, 2.45) is 0 Å². The van der Waals surface area contributed by atoms with Crippen LogP contribution in [0.25, 0.3) is 105 Å². The van der Waals surface area contributed by atoms with Crippen molar-refractivity contribution < 1.29 is 4.42 Å². The largest absolute Gasteiger partial charge is 0.455 e.